The molecule has 0 spiro atoms. The Balaban J connectivity index is 0.000000174. The predicted molar refractivity (Wildman–Crippen MR) is 358 cm³/mol. The topological polar surface area (TPSA) is 274 Å². The molecule has 1 N–H and O–H groups in total. The monoisotopic (exact) mass is 1370 g/mol. The second kappa shape index (κ2) is 30.8. The molecule has 13 fully saturated rings. The Kier molecular flexibility index (Phi) is 25.4. The Morgan fingerprint density at radius 1 is 0.552 bits per heavy atom. The summed E-state index contributed by atoms with van der Waals surface area (Å²) >= 11 is 0. The highest BCUT2D eigenvalue weighted by molar-refractivity contribution is 7.87. The fourth-order valence-electron chi connectivity index (χ4n) is 16.9. The van der Waals surface area contributed by atoms with Gasteiger partial charge in [-0.25, -0.2) is 4.79 Å². The maximum absolute atomic E-state index is 12.6. The summed E-state index contributed by atoms with van der Waals surface area (Å²) in [6.07, 6.45) is 21.0. The van der Waals surface area contributed by atoms with Gasteiger partial charge in [0, 0.05) is 24.7 Å². The number of hydrogen-bond acceptors (Lipinski definition) is 20. The highest BCUT2D eigenvalue weighted by Crippen LogP contribution is 2.62. The number of fused-ring (bicyclic) bond motifs is 1. The molecule has 548 valence electrons. The molecule has 2 heterocycles. The molecule has 13 aliphatic rings. The zero-order chi connectivity index (χ0) is 71.4. The molecular weight excluding hydrogens is 1250 g/mol. The number of carbonyl (C=O) groups excluding carboxylic acids is 8. The fourth-order valence-corrected chi connectivity index (χ4v) is 18.8. The SMILES string of the molecule is CCC(C)(C)C(=O)OC1(C)CCCC1.CCC(C)(C)C(=O)OC1(CC)C2CC3CC(C2)CC1C3.CCC(C)(C)C(=O)OC12CC3CC(CC(O)(C3)C1)C2.CCC(C)(C)C(=O)OC1CCOC1=O.CCC(C)(C)C(=O)OCCOC(=O)CCC(=O)OC1C2CC3C1OS(=O)(=O)C3C2. The van der Waals surface area contributed by atoms with Gasteiger partial charge in [0.15, 0.2) is 0 Å². The van der Waals surface area contributed by atoms with Gasteiger partial charge in [0.2, 0.25) is 6.10 Å². The van der Waals surface area contributed by atoms with Gasteiger partial charge in [-0.2, -0.15) is 8.42 Å². The van der Waals surface area contributed by atoms with Gasteiger partial charge in [0.05, 0.1) is 57.4 Å². The molecule has 13 rings (SSSR count). The van der Waals surface area contributed by atoms with Gasteiger partial charge in [-0.15, -0.1) is 0 Å². The lowest BCUT2D eigenvalue weighted by atomic mass is 9.49. The summed E-state index contributed by atoms with van der Waals surface area (Å²) in [6.45, 7) is 33.4. The van der Waals surface area contributed by atoms with Crippen molar-refractivity contribution in [3.05, 3.63) is 0 Å². The van der Waals surface area contributed by atoms with Crippen molar-refractivity contribution in [3.8, 4) is 0 Å². The Morgan fingerprint density at radius 2 is 1.02 bits per heavy atom. The number of rotatable bonds is 22. The predicted octanol–water partition coefficient (Wildman–Crippen LogP) is 13.5. The summed E-state index contributed by atoms with van der Waals surface area (Å²) in [5, 5.41) is 10.2. The van der Waals surface area contributed by atoms with Crippen LogP contribution in [0.2, 0.25) is 0 Å². The molecule has 8 atom stereocenters. The van der Waals surface area contributed by atoms with Crippen molar-refractivity contribution in [1.29, 1.82) is 0 Å². The molecule has 96 heavy (non-hydrogen) atoms. The van der Waals surface area contributed by atoms with E-state index in [2.05, 4.69) is 20.8 Å². The van der Waals surface area contributed by atoms with Crippen molar-refractivity contribution in [2.45, 2.75) is 331 Å². The molecule has 21 heteroatoms. The van der Waals surface area contributed by atoms with E-state index in [0.29, 0.717) is 68.8 Å². The van der Waals surface area contributed by atoms with Crippen LogP contribution >= 0.6 is 0 Å². The van der Waals surface area contributed by atoms with Crippen molar-refractivity contribution >= 4 is 57.9 Å². The van der Waals surface area contributed by atoms with Crippen molar-refractivity contribution < 1.29 is 94.0 Å². The molecule has 0 aromatic heterocycles. The van der Waals surface area contributed by atoms with Gasteiger partial charge in [0.25, 0.3) is 10.1 Å². The maximum Gasteiger partial charge on any atom is 0.347 e. The molecule has 11 aliphatic carbocycles. The van der Waals surface area contributed by atoms with E-state index in [1.165, 1.54) is 51.4 Å². The van der Waals surface area contributed by atoms with Crippen LogP contribution in [0.25, 0.3) is 0 Å². The number of cyclic esters (lactones) is 1. The number of aliphatic hydroxyl groups is 1. The summed E-state index contributed by atoms with van der Waals surface area (Å²) in [5.41, 5.74) is -3.41. The van der Waals surface area contributed by atoms with Crippen molar-refractivity contribution in [3.63, 3.8) is 0 Å². The standard InChI is InChI=1S/C19H28O9S.C18H30O2.C16H26O3.C12H22O2.C10H16O4/c1-4-19(2,3)18(22)26-8-7-25-14(20)5-6-15(21)27-16-11-9-12-13(10-11)29(23,24)28-17(12)16;1-5-17(3,4)16(19)20-18(6-2)14-8-12-7-13(10-14)11-15(18)9-12;1-4-14(2,3)13(17)19-16-8-11-5-12(9-16)7-15(18,6-11)10-16;1-5-11(2,3)10(13)14-12(4)8-6-7-9-12;1-4-10(2,3)9(12)14-7-5-6-13-8(7)11/h11-13,16-17H,4-10H2,1-3H3;12-15H,5-11H2,1-4H3;11-12,18H,4-10H2,1-3H3;5-9H2,1-4H3;7H,4-6H2,1-3H3. The molecule has 10 bridgehead atoms. The van der Waals surface area contributed by atoms with E-state index < -0.39 is 73.4 Å². The van der Waals surface area contributed by atoms with E-state index in [4.69, 9.17) is 42.1 Å². The van der Waals surface area contributed by atoms with Crippen LogP contribution in [-0.2, 0) is 90.6 Å². The first-order valence-corrected chi connectivity index (χ1v) is 38.3. The van der Waals surface area contributed by atoms with Crippen LogP contribution in [0.3, 0.4) is 0 Å². The molecule has 2 aliphatic heterocycles. The molecule has 8 unspecified atom stereocenters. The van der Waals surface area contributed by atoms with Gasteiger partial charge >= 0.3 is 47.8 Å². The summed E-state index contributed by atoms with van der Waals surface area (Å²) in [5.74, 6) is 1.76. The van der Waals surface area contributed by atoms with Crippen LogP contribution in [-0.4, -0.2) is 127 Å². The van der Waals surface area contributed by atoms with Crippen LogP contribution in [0.1, 0.15) is 285 Å². The van der Waals surface area contributed by atoms with Crippen molar-refractivity contribution in [2.75, 3.05) is 19.8 Å². The third kappa shape index (κ3) is 18.6. The van der Waals surface area contributed by atoms with Gasteiger partial charge in [-0.1, -0.05) is 41.5 Å². The average molecular weight is 1380 g/mol. The molecular formula is C75H122O20S. The summed E-state index contributed by atoms with van der Waals surface area (Å²) in [4.78, 5) is 95.1. The highest BCUT2D eigenvalue weighted by Gasteiger charge is 2.66. The summed E-state index contributed by atoms with van der Waals surface area (Å²) < 4.78 is 72.0. The van der Waals surface area contributed by atoms with Crippen LogP contribution in [0.5, 0.6) is 0 Å². The minimum absolute atomic E-state index is 0.00904. The van der Waals surface area contributed by atoms with Gasteiger partial charge < -0.3 is 43.0 Å². The molecule has 20 nitrogen and oxygen atoms in total. The smallest absolute Gasteiger partial charge is 0.347 e. The van der Waals surface area contributed by atoms with E-state index in [-0.39, 0.29) is 95.4 Å². The largest absolute Gasteiger partial charge is 0.463 e. The second-order valence-corrected chi connectivity index (χ2v) is 35.9. The Hall–Kier alpha value is -4.37. The Labute approximate surface area is 574 Å². The highest BCUT2D eigenvalue weighted by atomic mass is 32.2. The molecule has 0 radical (unpaired) electrons. The fraction of sp³-hybridized carbons (Fsp3) is 0.893. The van der Waals surface area contributed by atoms with Crippen molar-refractivity contribution in [2.24, 2.45) is 74.4 Å². The summed E-state index contributed by atoms with van der Waals surface area (Å²) in [6, 6.07) is 0. The second-order valence-electron chi connectivity index (χ2n) is 34.1. The average Bonchev–Trinajstić information content (AvgIpc) is 1.39. The van der Waals surface area contributed by atoms with E-state index >= 15 is 0 Å². The Morgan fingerprint density at radius 3 is 1.51 bits per heavy atom. The van der Waals surface area contributed by atoms with E-state index in [0.717, 1.165) is 76.0 Å². The van der Waals surface area contributed by atoms with E-state index in [1.807, 2.05) is 69.2 Å². The van der Waals surface area contributed by atoms with Crippen LogP contribution in [0.15, 0.2) is 0 Å². The van der Waals surface area contributed by atoms with Crippen LogP contribution < -0.4 is 0 Å². The first kappa shape index (κ1) is 79.0. The molecule has 2 saturated heterocycles. The van der Waals surface area contributed by atoms with Crippen LogP contribution in [0, 0.1) is 74.4 Å². The van der Waals surface area contributed by atoms with Gasteiger partial charge in [-0.05, 0) is 253 Å². The van der Waals surface area contributed by atoms with E-state index in [9.17, 15) is 51.9 Å². The zero-order valence-corrected chi connectivity index (χ0v) is 62.4. The minimum atomic E-state index is -3.56. The van der Waals surface area contributed by atoms with Gasteiger partial charge in [0.1, 0.15) is 42.2 Å². The third-order valence-corrected chi connectivity index (χ3v) is 26.5. The quantitative estimate of drug-likeness (QED) is 0.0456. The molecule has 11 saturated carbocycles. The molecule has 0 aromatic rings. The Bertz CT molecular complexity index is 2840. The van der Waals surface area contributed by atoms with Crippen molar-refractivity contribution in [1.82, 2.24) is 0 Å². The van der Waals surface area contributed by atoms with E-state index in [1.54, 1.807) is 27.7 Å². The van der Waals surface area contributed by atoms with Crippen LogP contribution in [0.4, 0.5) is 0 Å². The number of ether oxygens (including phenoxy) is 8. The third-order valence-electron chi connectivity index (χ3n) is 24.8. The summed E-state index contributed by atoms with van der Waals surface area (Å²) in [7, 11) is -3.56. The lowest BCUT2D eigenvalue weighted by molar-refractivity contribution is -0.225. The molecule has 0 amide bonds. The van der Waals surface area contributed by atoms with Gasteiger partial charge in [-0.3, -0.25) is 37.7 Å². The number of esters is 8. The first-order chi connectivity index (χ1) is 44.6. The lowest BCUT2D eigenvalue weighted by Gasteiger charge is -2.60. The first-order valence-electron chi connectivity index (χ1n) is 36.8. The zero-order valence-electron chi connectivity index (χ0n) is 61.5. The normalized spacial score (nSPS) is 33.5. The molecule has 0 aromatic carbocycles. The number of carbonyl (C=O) groups is 8. The lowest BCUT2D eigenvalue weighted by Crippen LogP contribution is -2.61. The maximum atomic E-state index is 12.6. The number of hydrogen-bond donors (Lipinski definition) is 1. The minimum Gasteiger partial charge on any atom is -0.463 e.